The second-order valence-corrected chi connectivity index (χ2v) is 16.4. The molecule has 0 aliphatic heterocycles. The maximum Gasteiger partial charge on any atom is 0.306 e. The Labute approximate surface area is 353 Å². The predicted octanol–water partition coefficient (Wildman–Crippen LogP) is 15.8. The number of unbranched alkanes of at least 4 members (excludes halogenated alkanes) is 27. The molecule has 0 aromatic heterocycles. The topological polar surface area (TPSA) is 78.9 Å². The molecular weight excluding hydrogens is 709 g/mol. The summed E-state index contributed by atoms with van der Waals surface area (Å²) in [6.45, 7) is 6.56. The van der Waals surface area contributed by atoms with E-state index in [-0.39, 0.29) is 31.1 Å². The third kappa shape index (κ3) is 44.6. The van der Waals surface area contributed by atoms with Gasteiger partial charge in [0, 0.05) is 19.3 Å². The molecule has 0 saturated heterocycles. The van der Waals surface area contributed by atoms with Crippen LogP contribution in [0.5, 0.6) is 0 Å². The van der Waals surface area contributed by atoms with E-state index in [1.807, 2.05) is 0 Å². The lowest BCUT2D eigenvalue weighted by molar-refractivity contribution is -0.167. The molecule has 1 unspecified atom stereocenters. The fourth-order valence-electron chi connectivity index (χ4n) is 6.92. The van der Waals surface area contributed by atoms with Crippen molar-refractivity contribution in [1.29, 1.82) is 0 Å². The van der Waals surface area contributed by atoms with Crippen LogP contribution in [0.25, 0.3) is 0 Å². The number of ether oxygens (including phenoxy) is 3. The zero-order valence-corrected chi connectivity index (χ0v) is 37.9. The normalized spacial score (nSPS) is 12.3. The number of allylic oxidation sites excluding steroid dienone is 6. The van der Waals surface area contributed by atoms with Crippen molar-refractivity contribution in [3.05, 3.63) is 36.5 Å². The van der Waals surface area contributed by atoms with Crippen LogP contribution in [0.3, 0.4) is 0 Å². The molecular formula is C51H92O6. The molecule has 332 valence electrons. The monoisotopic (exact) mass is 801 g/mol. The Balaban J connectivity index is 4.14. The van der Waals surface area contributed by atoms with Gasteiger partial charge in [0.1, 0.15) is 13.2 Å². The van der Waals surface area contributed by atoms with Gasteiger partial charge < -0.3 is 14.2 Å². The van der Waals surface area contributed by atoms with Gasteiger partial charge in [0.2, 0.25) is 0 Å². The number of carbonyl (C=O) groups is 3. The molecule has 6 heteroatoms. The summed E-state index contributed by atoms with van der Waals surface area (Å²) in [4.78, 5) is 37.6. The van der Waals surface area contributed by atoms with Crippen molar-refractivity contribution in [3.8, 4) is 0 Å². The Morgan fingerprint density at radius 1 is 0.351 bits per heavy atom. The Morgan fingerprint density at radius 3 is 0.982 bits per heavy atom. The lowest BCUT2D eigenvalue weighted by Gasteiger charge is -2.18. The minimum Gasteiger partial charge on any atom is -0.462 e. The van der Waals surface area contributed by atoms with E-state index in [1.54, 1.807) is 0 Å². The first kappa shape index (κ1) is 54.6. The molecule has 57 heavy (non-hydrogen) atoms. The largest absolute Gasteiger partial charge is 0.462 e. The van der Waals surface area contributed by atoms with Gasteiger partial charge in [0.15, 0.2) is 6.10 Å². The molecule has 1 atom stereocenters. The van der Waals surface area contributed by atoms with Gasteiger partial charge in [-0.3, -0.25) is 14.4 Å². The van der Waals surface area contributed by atoms with Crippen molar-refractivity contribution in [2.45, 2.75) is 258 Å². The molecule has 0 radical (unpaired) electrons. The maximum absolute atomic E-state index is 12.6. The summed E-state index contributed by atoms with van der Waals surface area (Å²) in [5.41, 5.74) is 0. The lowest BCUT2D eigenvalue weighted by Crippen LogP contribution is -2.30. The van der Waals surface area contributed by atoms with Crippen molar-refractivity contribution in [1.82, 2.24) is 0 Å². The fraction of sp³-hybridized carbons (Fsp3) is 0.824. The Bertz CT molecular complexity index is 969. The molecule has 0 spiro atoms. The average Bonchev–Trinajstić information content (AvgIpc) is 3.21. The molecule has 0 bridgehead atoms. The van der Waals surface area contributed by atoms with Gasteiger partial charge in [-0.25, -0.2) is 0 Å². The summed E-state index contributed by atoms with van der Waals surface area (Å²) in [5, 5.41) is 0. The van der Waals surface area contributed by atoms with Crippen LogP contribution in [0.15, 0.2) is 36.5 Å². The SMILES string of the molecule is CCCCCCC/C=C\C/C=C\C/C=C\CCCCCCCCCCC(=O)OCC(COC(=O)CCCCCCCCC)OC(=O)CCCCCCCCCCC. The molecule has 0 aromatic rings. The summed E-state index contributed by atoms with van der Waals surface area (Å²) < 4.78 is 16.6. The fourth-order valence-corrected chi connectivity index (χ4v) is 6.92. The van der Waals surface area contributed by atoms with E-state index in [0.29, 0.717) is 19.3 Å². The number of hydrogen-bond acceptors (Lipinski definition) is 6. The summed E-state index contributed by atoms with van der Waals surface area (Å²) in [7, 11) is 0. The second-order valence-electron chi connectivity index (χ2n) is 16.4. The van der Waals surface area contributed by atoms with Crippen LogP contribution in [-0.2, 0) is 28.6 Å². The molecule has 0 amide bonds. The van der Waals surface area contributed by atoms with Crippen molar-refractivity contribution in [2.24, 2.45) is 0 Å². The number of carbonyl (C=O) groups excluding carboxylic acids is 3. The van der Waals surface area contributed by atoms with Gasteiger partial charge in [-0.2, -0.15) is 0 Å². The zero-order chi connectivity index (χ0) is 41.5. The summed E-state index contributed by atoms with van der Waals surface area (Å²) in [6.07, 6.45) is 52.9. The van der Waals surface area contributed by atoms with Gasteiger partial charge in [-0.05, 0) is 57.8 Å². The first-order chi connectivity index (χ1) is 28.0. The van der Waals surface area contributed by atoms with Gasteiger partial charge in [-0.15, -0.1) is 0 Å². The van der Waals surface area contributed by atoms with Crippen molar-refractivity contribution >= 4 is 17.9 Å². The van der Waals surface area contributed by atoms with Crippen LogP contribution < -0.4 is 0 Å². The number of hydrogen-bond donors (Lipinski definition) is 0. The van der Waals surface area contributed by atoms with Crippen molar-refractivity contribution in [2.75, 3.05) is 13.2 Å². The van der Waals surface area contributed by atoms with Crippen molar-refractivity contribution < 1.29 is 28.6 Å². The van der Waals surface area contributed by atoms with E-state index in [9.17, 15) is 14.4 Å². The van der Waals surface area contributed by atoms with E-state index < -0.39 is 6.10 Å². The quantitative estimate of drug-likeness (QED) is 0.0264. The van der Waals surface area contributed by atoms with E-state index >= 15 is 0 Å². The second kappa shape index (κ2) is 46.3. The van der Waals surface area contributed by atoms with Crippen molar-refractivity contribution in [3.63, 3.8) is 0 Å². The molecule has 0 rings (SSSR count). The first-order valence-corrected chi connectivity index (χ1v) is 24.5. The average molecular weight is 801 g/mol. The Morgan fingerprint density at radius 2 is 0.632 bits per heavy atom. The van der Waals surface area contributed by atoms with Crippen LogP contribution in [0, 0.1) is 0 Å². The summed E-state index contributed by atoms with van der Waals surface area (Å²) in [6, 6.07) is 0. The van der Waals surface area contributed by atoms with Crippen LogP contribution in [-0.4, -0.2) is 37.2 Å². The molecule has 0 saturated carbocycles. The van der Waals surface area contributed by atoms with Gasteiger partial charge >= 0.3 is 17.9 Å². The Kier molecular flexibility index (Phi) is 44.4. The van der Waals surface area contributed by atoms with Crippen LogP contribution in [0.4, 0.5) is 0 Å². The molecule has 0 N–H and O–H groups in total. The Hall–Kier alpha value is -2.37. The highest BCUT2D eigenvalue weighted by Crippen LogP contribution is 2.14. The highest BCUT2D eigenvalue weighted by atomic mass is 16.6. The molecule has 0 aliphatic carbocycles. The van der Waals surface area contributed by atoms with Gasteiger partial charge in [-0.1, -0.05) is 211 Å². The summed E-state index contributed by atoms with van der Waals surface area (Å²) >= 11 is 0. The van der Waals surface area contributed by atoms with Crippen LogP contribution in [0.2, 0.25) is 0 Å². The summed E-state index contributed by atoms with van der Waals surface area (Å²) in [5.74, 6) is -0.885. The van der Waals surface area contributed by atoms with E-state index in [4.69, 9.17) is 14.2 Å². The predicted molar refractivity (Wildman–Crippen MR) is 242 cm³/mol. The molecule has 6 nitrogen and oxygen atoms in total. The van der Waals surface area contributed by atoms with Crippen LogP contribution in [0.1, 0.15) is 252 Å². The minimum absolute atomic E-state index is 0.0722. The minimum atomic E-state index is -0.766. The smallest absolute Gasteiger partial charge is 0.306 e. The highest BCUT2D eigenvalue weighted by molar-refractivity contribution is 5.71. The molecule has 0 aliphatic rings. The molecule has 0 fully saturated rings. The van der Waals surface area contributed by atoms with E-state index in [1.165, 1.54) is 135 Å². The van der Waals surface area contributed by atoms with Gasteiger partial charge in [0.25, 0.3) is 0 Å². The first-order valence-electron chi connectivity index (χ1n) is 24.5. The van der Waals surface area contributed by atoms with E-state index in [2.05, 4.69) is 57.2 Å². The zero-order valence-electron chi connectivity index (χ0n) is 37.9. The lowest BCUT2D eigenvalue weighted by atomic mass is 10.1. The van der Waals surface area contributed by atoms with Gasteiger partial charge in [0.05, 0.1) is 0 Å². The highest BCUT2D eigenvalue weighted by Gasteiger charge is 2.19. The maximum atomic E-state index is 12.6. The molecule has 0 heterocycles. The van der Waals surface area contributed by atoms with Crippen LogP contribution >= 0.6 is 0 Å². The van der Waals surface area contributed by atoms with E-state index in [0.717, 1.165) is 77.0 Å². The third-order valence-electron chi connectivity index (χ3n) is 10.6. The molecule has 0 aromatic carbocycles. The standard InChI is InChI=1S/C51H92O6/c1-4-7-10-13-16-18-19-20-21-22-23-24-25-26-27-28-29-30-31-33-35-38-41-44-50(53)56-47-48(46-55-49(52)43-40-37-34-15-12-9-6-3)57-51(54)45-42-39-36-32-17-14-11-8-5-2/h19-20,22-23,25-26,48H,4-18,21,24,27-47H2,1-3H3/b20-19-,23-22-,26-25-. The number of esters is 3. The third-order valence-corrected chi connectivity index (χ3v) is 10.6. The number of rotatable bonds is 44.